The third kappa shape index (κ3) is 3.45. The van der Waals surface area contributed by atoms with Gasteiger partial charge < -0.3 is 14.5 Å². The van der Waals surface area contributed by atoms with Gasteiger partial charge in [0.15, 0.2) is 5.82 Å². The van der Waals surface area contributed by atoms with Crippen molar-refractivity contribution in [3.8, 4) is 17.0 Å². The lowest BCUT2D eigenvalue weighted by atomic mass is 10.1. The van der Waals surface area contributed by atoms with Gasteiger partial charge in [-0.3, -0.25) is 0 Å². The first-order valence-electron chi connectivity index (χ1n) is 10.3. The van der Waals surface area contributed by atoms with Crippen LogP contribution < -0.4 is 14.5 Å². The molecule has 0 atom stereocenters. The zero-order valence-corrected chi connectivity index (χ0v) is 17.3. The zero-order chi connectivity index (χ0) is 20.5. The highest BCUT2D eigenvalue weighted by Crippen LogP contribution is 2.28. The Kier molecular flexibility index (Phi) is 4.75. The van der Waals surface area contributed by atoms with Gasteiger partial charge >= 0.3 is 0 Å². The van der Waals surface area contributed by atoms with E-state index in [1.807, 2.05) is 35.1 Å². The van der Waals surface area contributed by atoms with E-state index >= 15 is 0 Å². The predicted molar refractivity (Wildman–Crippen MR) is 121 cm³/mol. The van der Waals surface area contributed by atoms with Crippen LogP contribution in [0.15, 0.2) is 67.0 Å². The van der Waals surface area contributed by atoms with Gasteiger partial charge in [0.25, 0.3) is 0 Å². The molecule has 0 spiro atoms. The number of fused-ring (bicyclic) bond motifs is 1. The van der Waals surface area contributed by atoms with Crippen molar-refractivity contribution in [3.05, 3.63) is 72.6 Å². The van der Waals surface area contributed by atoms with Crippen LogP contribution in [0.2, 0.25) is 0 Å². The number of benzene rings is 2. The van der Waals surface area contributed by atoms with Crippen molar-refractivity contribution in [3.63, 3.8) is 0 Å². The first kappa shape index (κ1) is 18.5. The third-order valence-electron chi connectivity index (χ3n) is 5.71. The quantitative estimate of drug-likeness (QED) is 0.518. The molecule has 2 aromatic carbocycles. The molecular formula is C24H25N5O. The van der Waals surface area contributed by atoms with Crippen molar-refractivity contribution in [1.82, 2.24) is 14.6 Å². The van der Waals surface area contributed by atoms with Crippen LogP contribution in [0.1, 0.15) is 5.56 Å². The van der Waals surface area contributed by atoms with Gasteiger partial charge in [0.05, 0.1) is 12.8 Å². The molecule has 0 N–H and O–H groups in total. The van der Waals surface area contributed by atoms with E-state index < -0.39 is 0 Å². The number of hydrogen-bond acceptors (Lipinski definition) is 5. The SMILES string of the molecule is COc1cccc(-c2cc3c(N4CCN(c5ccc(C)cc5)CC4)nccn3n2)c1. The van der Waals surface area contributed by atoms with Crippen LogP contribution in [-0.4, -0.2) is 47.9 Å². The molecule has 0 radical (unpaired) electrons. The number of piperazine rings is 1. The van der Waals surface area contributed by atoms with Crippen LogP contribution in [0.4, 0.5) is 11.5 Å². The van der Waals surface area contributed by atoms with E-state index in [2.05, 4.69) is 53.1 Å². The molecule has 2 aromatic heterocycles. The third-order valence-corrected chi connectivity index (χ3v) is 5.71. The molecule has 0 unspecified atom stereocenters. The van der Waals surface area contributed by atoms with Gasteiger partial charge in [-0.25, -0.2) is 9.50 Å². The summed E-state index contributed by atoms with van der Waals surface area (Å²) in [5.74, 6) is 1.82. The van der Waals surface area contributed by atoms with Gasteiger partial charge in [0.1, 0.15) is 11.3 Å². The topological polar surface area (TPSA) is 45.9 Å². The minimum Gasteiger partial charge on any atom is -0.497 e. The lowest BCUT2D eigenvalue weighted by Crippen LogP contribution is -2.47. The van der Waals surface area contributed by atoms with Crippen LogP contribution >= 0.6 is 0 Å². The average Bonchev–Trinajstić information content (AvgIpc) is 3.24. The molecule has 6 heteroatoms. The van der Waals surface area contributed by atoms with Crippen molar-refractivity contribution in [2.75, 3.05) is 43.1 Å². The predicted octanol–water partition coefficient (Wildman–Crippen LogP) is 4.04. The number of aromatic nitrogens is 3. The fourth-order valence-corrected chi connectivity index (χ4v) is 4.01. The Hall–Kier alpha value is -3.54. The number of ether oxygens (including phenoxy) is 1. The summed E-state index contributed by atoms with van der Waals surface area (Å²) in [5, 5.41) is 4.77. The lowest BCUT2D eigenvalue weighted by Gasteiger charge is -2.36. The van der Waals surface area contributed by atoms with Gasteiger partial charge in [-0.05, 0) is 37.3 Å². The number of hydrogen-bond donors (Lipinski definition) is 0. The van der Waals surface area contributed by atoms with E-state index in [9.17, 15) is 0 Å². The summed E-state index contributed by atoms with van der Waals surface area (Å²) in [6.45, 7) is 5.94. The van der Waals surface area contributed by atoms with Gasteiger partial charge in [0, 0.05) is 49.8 Å². The zero-order valence-electron chi connectivity index (χ0n) is 17.3. The monoisotopic (exact) mass is 399 g/mol. The minimum atomic E-state index is 0.829. The van der Waals surface area contributed by atoms with Crippen molar-refractivity contribution in [1.29, 1.82) is 0 Å². The first-order valence-corrected chi connectivity index (χ1v) is 10.3. The fraction of sp³-hybridized carbons (Fsp3) is 0.250. The fourth-order valence-electron chi connectivity index (χ4n) is 4.01. The van der Waals surface area contributed by atoms with Gasteiger partial charge in [-0.1, -0.05) is 29.8 Å². The molecule has 1 fully saturated rings. The minimum absolute atomic E-state index is 0.829. The largest absolute Gasteiger partial charge is 0.497 e. The van der Waals surface area contributed by atoms with E-state index in [1.165, 1.54) is 11.3 Å². The van der Waals surface area contributed by atoms with E-state index in [0.717, 1.165) is 54.5 Å². The molecule has 152 valence electrons. The Bertz CT molecular complexity index is 1160. The summed E-state index contributed by atoms with van der Waals surface area (Å²) >= 11 is 0. The highest BCUT2D eigenvalue weighted by atomic mass is 16.5. The van der Waals surface area contributed by atoms with Gasteiger partial charge in [-0.2, -0.15) is 5.10 Å². The van der Waals surface area contributed by atoms with Gasteiger partial charge in [0.2, 0.25) is 0 Å². The molecule has 1 saturated heterocycles. The molecule has 1 aliphatic rings. The van der Waals surface area contributed by atoms with E-state index in [0.29, 0.717) is 0 Å². The van der Waals surface area contributed by atoms with E-state index in [1.54, 1.807) is 7.11 Å². The Balaban J connectivity index is 1.40. The summed E-state index contributed by atoms with van der Waals surface area (Å²) in [6, 6.07) is 18.9. The van der Waals surface area contributed by atoms with E-state index in [-0.39, 0.29) is 0 Å². The molecule has 3 heterocycles. The van der Waals surface area contributed by atoms with Crippen molar-refractivity contribution in [2.24, 2.45) is 0 Å². The molecule has 30 heavy (non-hydrogen) atoms. The Morgan fingerprint density at radius 3 is 2.43 bits per heavy atom. The summed E-state index contributed by atoms with van der Waals surface area (Å²) in [5.41, 5.74) is 5.56. The van der Waals surface area contributed by atoms with Gasteiger partial charge in [-0.15, -0.1) is 0 Å². The Morgan fingerprint density at radius 2 is 1.67 bits per heavy atom. The average molecular weight is 399 g/mol. The van der Waals surface area contributed by atoms with Crippen LogP contribution in [0.3, 0.4) is 0 Å². The summed E-state index contributed by atoms with van der Waals surface area (Å²) in [7, 11) is 1.68. The molecule has 4 aromatic rings. The summed E-state index contributed by atoms with van der Waals surface area (Å²) in [6.07, 6.45) is 3.74. The van der Waals surface area contributed by atoms with Crippen LogP contribution in [0.5, 0.6) is 5.75 Å². The molecule has 5 rings (SSSR count). The molecule has 1 aliphatic heterocycles. The number of rotatable bonds is 4. The highest BCUT2D eigenvalue weighted by Gasteiger charge is 2.21. The maximum Gasteiger partial charge on any atom is 0.154 e. The van der Waals surface area contributed by atoms with Crippen molar-refractivity contribution >= 4 is 17.0 Å². The number of nitrogens with zero attached hydrogens (tertiary/aromatic N) is 5. The second-order valence-corrected chi connectivity index (χ2v) is 7.65. The normalized spacial score (nSPS) is 14.3. The highest BCUT2D eigenvalue weighted by molar-refractivity contribution is 5.76. The van der Waals surface area contributed by atoms with Crippen LogP contribution in [0, 0.1) is 6.92 Å². The Labute approximate surface area is 176 Å². The lowest BCUT2D eigenvalue weighted by molar-refractivity contribution is 0.415. The van der Waals surface area contributed by atoms with Crippen molar-refractivity contribution in [2.45, 2.75) is 6.92 Å². The molecule has 0 saturated carbocycles. The van der Waals surface area contributed by atoms with Crippen LogP contribution in [0.25, 0.3) is 16.8 Å². The number of methoxy groups -OCH3 is 1. The number of anilines is 2. The first-order chi connectivity index (χ1) is 14.7. The number of aryl methyl sites for hydroxylation is 1. The smallest absolute Gasteiger partial charge is 0.154 e. The van der Waals surface area contributed by atoms with Crippen molar-refractivity contribution < 1.29 is 4.74 Å². The van der Waals surface area contributed by atoms with Crippen LogP contribution in [-0.2, 0) is 0 Å². The second kappa shape index (κ2) is 7.71. The van der Waals surface area contributed by atoms with E-state index in [4.69, 9.17) is 14.8 Å². The molecule has 6 nitrogen and oxygen atoms in total. The second-order valence-electron chi connectivity index (χ2n) is 7.65. The maximum absolute atomic E-state index is 5.36. The summed E-state index contributed by atoms with van der Waals surface area (Å²) < 4.78 is 7.28. The standard InChI is InChI=1S/C24H25N5O/c1-18-6-8-20(9-7-18)27-12-14-28(15-13-27)24-23-17-22(26-29(23)11-10-25-24)19-4-3-5-21(16-19)30-2/h3-11,16-17H,12-15H2,1-2H3. The molecular weight excluding hydrogens is 374 g/mol. The molecule has 0 amide bonds. The Morgan fingerprint density at radius 1 is 0.900 bits per heavy atom. The summed E-state index contributed by atoms with van der Waals surface area (Å²) in [4.78, 5) is 9.50. The molecule has 0 bridgehead atoms. The molecule has 0 aliphatic carbocycles. The maximum atomic E-state index is 5.36.